The molecule has 3 nitrogen and oxygen atoms in total. The maximum atomic E-state index is 2.61. The molecular formula is C132H159N3. The van der Waals surface area contributed by atoms with Crippen LogP contribution in [0.4, 0.5) is 51.2 Å². The first kappa shape index (κ1) is 105. The van der Waals surface area contributed by atoms with Gasteiger partial charge >= 0.3 is 0 Å². The topological polar surface area (TPSA) is 9.72 Å². The summed E-state index contributed by atoms with van der Waals surface area (Å²) in [6, 6.07) is 104. The predicted molar refractivity (Wildman–Crippen MR) is 600 cm³/mol. The molecule has 0 spiro atoms. The van der Waals surface area contributed by atoms with E-state index in [-0.39, 0.29) is 0 Å². The molecule has 135 heavy (non-hydrogen) atoms. The fourth-order valence-electron chi connectivity index (χ4n) is 21.7. The van der Waals surface area contributed by atoms with Crippen LogP contribution in [0.25, 0.3) is 66.8 Å². The molecule has 0 bridgehead atoms. The molecule has 6 aliphatic carbocycles. The van der Waals surface area contributed by atoms with E-state index < -0.39 is 0 Å². The van der Waals surface area contributed by atoms with Gasteiger partial charge < -0.3 is 14.7 Å². The Hall–Kier alpha value is -12.3. The second-order valence-electron chi connectivity index (χ2n) is 31.6. The number of hydrogen-bond acceptors (Lipinski definition) is 3. The minimum Gasteiger partial charge on any atom is -0.309 e. The highest BCUT2D eigenvalue weighted by Crippen LogP contribution is 2.61. The fraction of sp³-hybridized carbons (Fsp3) is 0.318. The zero-order chi connectivity index (χ0) is 98.0. The smallest absolute Gasteiger partial charge is 0.0539 e. The van der Waals surface area contributed by atoms with Crippen LogP contribution in [0.1, 0.15) is 341 Å². The fourth-order valence-corrected chi connectivity index (χ4v) is 21.7. The summed E-state index contributed by atoms with van der Waals surface area (Å²) in [6.07, 6.45) is 12.3. The quantitative estimate of drug-likeness (QED) is 0.150. The van der Waals surface area contributed by atoms with Crippen molar-refractivity contribution in [2.75, 3.05) is 14.7 Å². The number of hydrogen-bond donors (Lipinski definition) is 0. The van der Waals surface area contributed by atoms with Gasteiger partial charge in [0.05, 0.1) is 34.1 Å². The van der Waals surface area contributed by atoms with Crippen LogP contribution < -0.4 is 14.7 Å². The van der Waals surface area contributed by atoms with E-state index >= 15 is 0 Å². The number of benzene rings is 15. The molecule has 0 saturated carbocycles. The largest absolute Gasteiger partial charge is 0.309 e. The van der Waals surface area contributed by atoms with Crippen LogP contribution in [0.15, 0.2) is 273 Å². The summed E-state index contributed by atoms with van der Waals surface area (Å²) in [4.78, 5) is 7.81. The van der Waals surface area contributed by atoms with E-state index in [9.17, 15) is 0 Å². The van der Waals surface area contributed by atoms with Crippen LogP contribution >= 0.6 is 0 Å². The molecule has 0 N–H and O–H groups in total. The van der Waals surface area contributed by atoms with Crippen LogP contribution in [0.2, 0.25) is 0 Å². The van der Waals surface area contributed by atoms with Gasteiger partial charge in [-0.1, -0.05) is 420 Å². The summed E-state index contributed by atoms with van der Waals surface area (Å²) >= 11 is 0. The summed E-state index contributed by atoms with van der Waals surface area (Å²) in [5.41, 5.74) is 65.3. The summed E-state index contributed by atoms with van der Waals surface area (Å²) in [5, 5.41) is 0. The minimum absolute atomic E-state index is 1.00. The molecule has 702 valence electrons. The van der Waals surface area contributed by atoms with Gasteiger partial charge in [-0.25, -0.2) is 0 Å². The molecule has 0 aromatic heterocycles. The lowest BCUT2D eigenvalue weighted by molar-refractivity contribution is 0.992. The first-order valence-electron chi connectivity index (χ1n) is 53.1. The number of para-hydroxylation sites is 3. The highest BCUT2D eigenvalue weighted by Gasteiger charge is 2.42. The highest BCUT2D eigenvalue weighted by molar-refractivity contribution is 6.01. The average molecular weight is 1790 g/mol. The average Bonchev–Trinajstić information content (AvgIpc) is 1.67. The molecule has 6 aliphatic heterocycles. The van der Waals surface area contributed by atoms with Crippen molar-refractivity contribution in [1.29, 1.82) is 0 Å². The third kappa shape index (κ3) is 19.0. The molecule has 0 saturated heterocycles. The Morgan fingerprint density at radius 2 is 0.326 bits per heavy atom. The highest BCUT2D eigenvalue weighted by atomic mass is 15.2. The molecule has 0 radical (unpaired) electrons. The van der Waals surface area contributed by atoms with Gasteiger partial charge in [0.1, 0.15) is 0 Å². The van der Waals surface area contributed by atoms with Crippen LogP contribution in [-0.2, 0) is 77.0 Å². The molecule has 3 heteroatoms. The van der Waals surface area contributed by atoms with Gasteiger partial charge in [0.2, 0.25) is 0 Å². The monoisotopic (exact) mass is 1790 g/mol. The second-order valence-corrected chi connectivity index (χ2v) is 31.6. The molecule has 12 aliphatic rings. The van der Waals surface area contributed by atoms with Crippen molar-refractivity contribution in [2.45, 2.75) is 285 Å². The first-order chi connectivity index (χ1) is 67.0. The van der Waals surface area contributed by atoms with Crippen LogP contribution in [0.3, 0.4) is 0 Å². The van der Waals surface area contributed by atoms with E-state index in [0.717, 1.165) is 77.0 Å². The van der Waals surface area contributed by atoms with Crippen molar-refractivity contribution >= 4 is 51.2 Å². The van der Waals surface area contributed by atoms with Crippen LogP contribution in [-0.4, -0.2) is 0 Å². The van der Waals surface area contributed by atoms with Gasteiger partial charge in [0, 0.05) is 55.6 Å². The number of rotatable bonds is 0. The zero-order valence-electron chi connectivity index (χ0n) is 88.3. The van der Waals surface area contributed by atoms with Crippen LogP contribution in [0.5, 0.6) is 0 Å². The third-order valence-electron chi connectivity index (χ3n) is 26.0. The lowest BCUT2D eigenvalue weighted by atomic mass is 9.81. The summed E-state index contributed by atoms with van der Waals surface area (Å²) in [7, 11) is 0. The number of anilines is 9. The van der Waals surface area contributed by atoms with E-state index in [1.807, 2.05) is 208 Å². The van der Waals surface area contributed by atoms with Gasteiger partial charge in [-0.05, 0) is 299 Å². The van der Waals surface area contributed by atoms with Crippen molar-refractivity contribution in [3.63, 3.8) is 0 Å². The van der Waals surface area contributed by atoms with Crippen molar-refractivity contribution in [3.05, 3.63) is 407 Å². The summed E-state index contributed by atoms with van der Waals surface area (Å²) < 4.78 is 0. The Bertz CT molecular complexity index is 6480. The summed E-state index contributed by atoms with van der Waals surface area (Å²) in [5.74, 6) is 0. The standard InChI is InChI=1S/3C34H23N.15C2H6/c1-4-10-26-20(7-1)13-23-19-33-24(17-28(23)26)14-25-18-29-27-11-5-2-8-21(27)15-30(29)31-16-22-9-3-6-12-32(22)35(33)34(25)31;1-4-10-27-20(7-1)13-23-19-32-24(18-29(23)27)15-26-16-25-14-21-8-2-5-11-28(21)33(25)30-17-22-9-3-6-12-31(22)35(32)34(26)30;1-4-10-27-20(7-1)13-23-19-32-24(17-29(23)27)18-30-33-25(14-21-8-2-5-11-28(21)33)16-26-15-22-9-3-6-12-31(22)35(32)34(26)30;15*1-2/h1-12,17-19H,13-16H2;1-12,16,18-19H,13-15,17H2;1-12,16-17,19H,13-15,18H2;15*1-2H3. The van der Waals surface area contributed by atoms with E-state index in [1.165, 1.54) is 240 Å². The molecular weight excluding hydrogens is 1630 g/mol. The Morgan fingerprint density at radius 1 is 0.126 bits per heavy atom. The van der Waals surface area contributed by atoms with Gasteiger partial charge in [-0.15, -0.1) is 0 Å². The number of nitrogens with zero attached hydrogens (tertiary/aromatic N) is 3. The third-order valence-corrected chi connectivity index (χ3v) is 26.0. The Labute approximate surface area is 818 Å². The first-order valence-corrected chi connectivity index (χ1v) is 53.1. The Morgan fingerprint density at radius 3 is 0.659 bits per heavy atom. The lowest BCUT2D eigenvalue weighted by Gasteiger charge is -2.40. The normalized spacial score (nSPS) is 12.3. The van der Waals surface area contributed by atoms with Gasteiger partial charge in [-0.3, -0.25) is 0 Å². The van der Waals surface area contributed by atoms with Crippen molar-refractivity contribution in [1.82, 2.24) is 0 Å². The molecule has 0 fully saturated rings. The molecule has 27 rings (SSSR count). The van der Waals surface area contributed by atoms with Crippen LogP contribution in [0, 0.1) is 0 Å². The van der Waals surface area contributed by atoms with E-state index in [4.69, 9.17) is 0 Å². The van der Waals surface area contributed by atoms with E-state index in [2.05, 4.69) is 288 Å². The number of fused-ring (bicyclic) bond motifs is 33. The van der Waals surface area contributed by atoms with E-state index in [1.54, 1.807) is 11.1 Å². The summed E-state index contributed by atoms with van der Waals surface area (Å²) in [6.45, 7) is 60.0. The Kier molecular flexibility index (Phi) is 38.6. The second kappa shape index (κ2) is 49.8. The maximum Gasteiger partial charge on any atom is 0.0539 e. The molecule has 15 aromatic carbocycles. The van der Waals surface area contributed by atoms with Gasteiger partial charge in [0.15, 0.2) is 0 Å². The lowest BCUT2D eigenvalue weighted by Crippen LogP contribution is -2.25. The minimum atomic E-state index is 1.00. The molecule has 0 unspecified atom stereocenters. The maximum absolute atomic E-state index is 2.61. The van der Waals surface area contributed by atoms with Crippen molar-refractivity contribution in [3.8, 4) is 66.8 Å². The predicted octanol–water partition coefficient (Wildman–Crippen LogP) is 39.7. The van der Waals surface area contributed by atoms with E-state index in [0.29, 0.717) is 0 Å². The Balaban J connectivity index is 0.000000184. The van der Waals surface area contributed by atoms with Crippen molar-refractivity contribution < 1.29 is 0 Å². The molecule has 0 amide bonds. The molecule has 0 atom stereocenters. The van der Waals surface area contributed by atoms with Crippen molar-refractivity contribution in [2.24, 2.45) is 0 Å². The SMILES string of the molecule is CC.CC.CC.CC.CC.CC.CC.CC.CC.CC.CC.CC.CC.CC.CC.c1ccc2c(c1)Cc1cc3c(cc1-2)Cc1c2c(cc4c1N3c1ccccc1C4)Cc1ccccc1-2.c1ccc2c(c1)Cc1cc3c(cc1-2)Cc1cc2c(c4c1N3c1ccccc1C4)-c1ccccc1C2.c1ccc2c(c1)Cc1cc3c(cc1-2)Cc1cc2c(c4c1N3c1ccccc1C4)Cc1ccccc1-2. The molecule has 6 heterocycles. The van der Waals surface area contributed by atoms with Gasteiger partial charge in [-0.2, -0.15) is 0 Å². The molecule has 15 aromatic rings. The van der Waals surface area contributed by atoms with Gasteiger partial charge in [0.25, 0.3) is 0 Å². The zero-order valence-corrected chi connectivity index (χ0v) is 88.3.